The van der Waals surface area contributed by atoms with E-state index in [4.69, 9.17) is 0 Å². The van der Waals surface area contributed by atoms with Crippen molar-refractivity contribution in [3.8, 4) is 0 Å². The standard InChI is InChI=1S/C15H21NO2/c1-12-5-2-3-6-13(12)7-10-16-14(18)15(11-17)8-4-9-15/h2-3,5-6,17H,4,7-11H2,1H3,(H,16,18). The zero-order chi connectivity index (χ0) is 13.0. The van der Waals surface area contributed by atoms with E-state index >= 15 is 0 Å². The normalized spacial score (nSPS) is 17.0. The molecule has 1 aliphatic carbocycles. The lowest BCUT2D eigenvalue weighted by Crippen LogP contribution is -2.48. The molecule has 3 nitrogen and oxygen atoms in total. The molecule has 1 amide bonds. The summed E-state index contributed by atoms with van der Waals surface area (Å²) < 4.78 is 0. The van der Waals surface area contributed by atoms with Gasteiger partial charge in [-0.1, -0.05) is 30.7 Å². The molecule has 1 aromatic carbocycles. The third kappa shape index (κ3) is 2.56. The Labute approximate surface area is 108 Å². The molecular weight excluding hydrogens is 226 g/mol. The van der Waals surface area contributed by atoms with E-state index in [0.717, 1.165) is 25.7 Å². The van der Waals surface area contributed by atoms with Gasteiger partial charge < -0.3 is 10.4 Å². The van der Waals surface area contributed by atoms with Gasteiger partial charge in [-0.2, -0.15) is 0 Å². The van der Waals surface area contributed by atoms with Gasteiger partial charge in [0.1, 0.15) is 0 Å². The molecule has 0 aromatic heterocycles. The van der Waals surface area contributed by atoms with Crippen molar-refractivity contribution in [2.45, 2.75) is 32.6 Å². The van der Waals surface area contributed by atoms with Gasteiger partial charge >= 0.3 is 0 Å². The number of hydrogen-bond donors (Lipinski definition) is 2. The van der Waals surface area contributed by atoms with E-state index in [-0.39, 0.29) is 12.5 Å². The van der Waals surface area contributed by atoms with Crippen molar-refractivity contribution in [1.82, 2.24) is 5.32 Å². The number of aryl methyl sites for hydroxylation is 1. The van der Waals surface area contributed by atoms with Crippen LogP contribution in [0.5, 0.6) is 0 Å². The molecule has 0 bridgehead atoms. The Balaban J connectivity index is 1.82. The highest BCUT2D eigenvalue weighted by Gasteiger charge is 2.43. The summed E-state index contributed by atoms with van der Waals surface area (Å²) in [6, 6.07) is 8.21. The maximum Gasteiger partial charge on any atom is 0.228 e. The second kappa shape index (κ2) is 5.53. The number of hydrogen-bond acceptors (Lipinski definition) is 2. The van der Waals surface area contributed by atoms with Gasteiger partial charge in [0.05, 0.1) is 12.0 Å². The number of aliphatic hydroxyl groups excluding tert-OH is 1. The first-order valence-corrected chi connectivity index (χ1v) is 6.62. The third-order valence-electron chi connectivity index (χ3n) is 4.04. The highest BCUT2D eigenvalue weighted by Crippen LogP contribution is 2.40. The summed E-state index contributed by atoms with van der Waals surface area (Å²) in [5.74, 6) is 0.0184. The average molecular weight is 247 g/mol. The summed E-state index contributed by atoms with van der Waals surface area (Å²) >= 11 is 0. The summed E-state index contributed by atoms with van der Waals surface area (Å²) in [4.78, 5) is 12.0. The SMILES string of the molecule is Cc1ccccc1CCNC(=O)C1(CO)CCC1. The lowest BCUT2D eigenvalue weighted by atomic mass is 9.68. The maximum atomic E-state index is 12.0. The zero-order valence-corrected chi connectivity index (χ0v) is 10.9. The number of carbonyl (C=O) groups excluding carboxylic acids is 1. The van der Waals surface area contributed by atoms with Crippen molar-refractivity contribution in [1.29, 1.82) is 0 Å². The highest BCUT2D eigenvalue weighted by molar-refractivity contribution is 5.83. The summed E-state index contributed by atoms with van der Waals surface area (Å²) in [6.07, 6.45) is 3.53. The number of benzene rings is 1. The molecule has 0 unspecified atom stereocenters. The largest absolute Gasteiger partial charge is 0.395 e. The predicted molar refractivity (Wildman–Crippen MR) is 71.3 cm³/mol. The zero-order valence-electron chi connectivity index (χ0n) is 10.9. The van der Waals surface area contributed by atoms with Crippen LogP contribution in [0.25, 0.3) is 0 Å². The third-order valence-corrected chi connectivity index (χ3v) is 4.04. The molecule has 3 heteroatoms. The molecule has 0 radical (unpaired) electrons. The molecule has 0 atom stereocenters. The molecule has 98 valence electrons. The first kappa shape index (κ1) is 13.1. The number of carbonyl (C=O) groups is 1. The fourth-order valence-electron chi connectivity index (χ4n) is 2.45. The molecule has 18 heavy (non-hydrogen) atoms. The van der Waals surface area contributed by atoms with Crippen molar-refractivity contribution in [2.75, 3.05) is 13.2 Å². The Hall–Kier alpha value is -1.35. The second-order valence-corrected chi connectivity index (χ2v) is 5.22. The molecule has 0 spiro atoms. The number of nitrogens with one attached hydrogen (secondary N) is 1. The van der Waals surface area contributed by atoms with Crippen LogP contribution in [0.3, 0.4) is 0 Å². The lowest BCUT2D eigenvalue weighted by Gasteiger charge is -2.38. The quantitative estimate of drug-likeness (QED) is 0.833. The highest BCUT2D eigenvalue weighted by atomic mass is 16.3. The van der Waals surface area contributed by atoms with Crippen LogP contribution in [0.2, 0.25) is 0 Å². The number of amides is 1. The Bertz CT molecular complexity index is 419. The van der Waals surface area contributed by atoms with Crippen LogP contribution < -0.4 is 5.32 Å². The number of aliphatic hydroxyl groups is 1. The molecule has 1 aromatic rings. The monoisotopic (exact) mass is 247 g/mol. The van der Waals surface area contributed by atoms with Crippen LogP contribution in [-0.4, -0.2) is 24.2 Å². The van der Waals surface area contributed by atoms with Gasteiger partial charge in [0.2, 0.25) is 5.91 Å². The van der Waals surface area contributed by atoms with Crippen molar-refractivity contribution < 1.29 is 9.90 Å². The smallest absolute Gasteiger partial charge is 0.228 e. The van der Waals surface area contributed by atoms with Crippen molar-refractivity contribution in [3.05, 3.63) is 35.4 Å². The molecule has 2 rings (SSSR count). The molecule has 0 heterocycles. The van der Waals surface area contributed by atoms with Crippen LogP contribution in [0.4, 0.5) is 0 Å². The van der Waals surface area contributed by atoms with Crippen molar-refractivity contribution in [3.63, 3.8) is 0 Å². The van der Waals surface area contributed by atoms with Crippen LogP contribution in [0.1, 0.15) is 30.4 Å². The molecule has 1 saturated carbocycles. The van der Waals surface area contributed by atoms with Gasteiger partial charge in [-0.15, -0.1) is 0 Å². The van der Waals surface area contributed by atoms with E-state index in [1.165, 1.54) is 11.1 Å². The fraction of sp³-hybridized carbons (Fsp3) is 0.533. The van der Waals surface area contributed by atoms with Gasteiger partial charge in [-0.25, -0.2) is 0 Å². The minimum absolute atomic E-state index is 0.0184. The minimum Gasteiger partial charge on any atom is -0.395 e. The molecule has 2 N–H and O–H groups in total. The first-order valence-electron chi connectivity index (χ1n) is 6.62. The van der Waals surface area contributed by atoms with Crippen LogP contribution in [0.15, 0.2) is 24.3 Å². The van der Waals surface area contributed by atoms with Crippen molar-refractivity contribution >= 4 is 5.91 Å². The summed E-state index contributed by atoms with van der Waals surface area (Å²) in [5, 5.41) is 12.3. The van der Waals surface area contributed by atoms with E-state index in [1.807, 2.05) is 12.1 Å². The Morgan fingerprint density at radius 1 is 1.39 bits per heavy atom. The molecule has 1 aliphatic rings. The molecule has 0 saturated heterocycles. The van der Waals surface area contributed by atoms with E-state index < -0.39 is 5.41 Å². The average Bonchev–Trinajstić information content (AvgIpc) is 2.31. The van der Waals surface area contributed by atoms with Gasteiger partial charge in [0.15, 0.2) is 0 Å². The second-order valence-electron chi connectivity index (χ2n) is 5.22. The van der Waals surface area contributed by atoms with Crippen LogP contribution in [-0.2, 0) is 11.2 Å². The maximum absolute atomic E-state index is 12.0. The summed E-state index contributed by atoms with van der Waals surface area (Å²) in [5.41, 5.74) is 2.04. The van der Waals surface area contributed by atoms with Gasteiger partial charge in [-0.05, 0) is 37.3 Å². The predicted octanol–water partition coefficient (Wildman–Crippen LogP) is 1.82. The van der Waals surface area contributed by atoms with Crippen LogP contribution in [0, 0.1) is 12.3 Å². The Kier molecular flexibility index (Phi) is 4.02. The minimum atomic E-state index is -0.480. The summed E-state index contributed by atoms with van der Waals surface area (Å²) in [7, 11) is 0. The number of rotatable bonds is 5. The molecule has 0 aliphatic heterocycles. The van der Waals surface area contributed by atoms with Gasteiger partial charge in [0, 0.05) is 6.54 Å². The van der Waals surface area contributed by atoms with E-state index in [2.05, 4.69) is 24.4 Å². The fourth-order valence-corrected chi connectivity index (χ4v) is 2.45. The van der Waals surface area contributed by atoms with E-state index in [0.29, 0.717) is 6.54 Å². The van der Waals surface area contributed by atoms with Crippen LogP contribution >= 0.6 is 0 Å². The first-order chi connectivity index (χ1) is 8.68. The van der Waals surface area contributed by atoms with E-state index in [1.54, 1.807) is 0 Å². The Morgan fingerprint density at radius 3 is 2.67 bits per heavy atom. The summed E-state index contributed by atoms with van der Waals surface area (Å²) in [6.45, 7) is 2.70. The lowest BCUT2D eigenvalue weighted by molar-refractivity contribution is -0.139. The topological polar surface area (TPSA) is 49.3 Å². The molecular formula is C15H21NO2. The van der Waals surface area contributed by atoms with Gasteiger partial charge in [0.25, 0.3) is 0 Å². The Morgan fingerprint density at radius 2 is 2.11 bits per heavy atom. The van der Waals surface area contributed by atoms with E-state index in [9.17, 15) is 9.90 Å². The van der Waals surface area contributed by atoms with Crippen molar-refractivity contribution in [2.24, 2.45) is 5.41 Å². The van der Waals surface area contributed by atoms with Gasteiger partial charge in [-0.3, -0.25) is 4.79 Å². The molecule has 1 fully saturated rings.